The van der Waals surface area contributed by atoms with Crippen molar-refractivity contribution in [2.75, 3.05) is 20.1 Å². The molecule has 0 aliphatic carbocycles. The van der Waals surface area contributed by atoms with Crippen molar-refractivity contribution in [2.24, 2.45) is 5.92 Å². The Balaban J connectivity index is 1.98. The molecule has 0 radical (unpaired) electrons. The quantitative estimate of drug-likeness (QED) is 0.843. The normalized spacial score (nSPS) is 17.7. The van der Waals surface area contributed by atoms with Crippen molar-refractivity contribution >= 4 is 23.2 Å². The largest absolute Gasteiger partial charge is 0.341 e. The molecule has 0 bridgehead atoms. The molecule has 1 aliphatic heterocycles. The van der Waals surface area contributed by atoms with Crippen LogP contribution in [0.3, 0.4) is 0 Å². The van der Waals surface area contributed by atoms with Crippen molar-refractivity contribution in [3.05, 3.63) is 22.4 Å². The van der Waals surface area contributed by atoms with Crippen LogP contribution in [0, 0.1) is 5.92 Å². The topological polar surface area (TPSA) is 52.7 Å². The maximum atomic E-state index is 13.0. The van der Waals surface area contributed by atoms with Crippen LogP contribution in [0.15, 0.2) is 17.5 Å². The second kappa shape index (κ2) is 8.81. The number of hydrogen-bond donors (Lipinski definition) is 1. The highest BCUT2D eigenvalue weighted by atomic mass is 32.1. The van der Waals surface area contributed by atoms with Crippen LogP contribution in [-0.2, 0) is 4.79 Å². The molecule has 1 N–H and O–H groups in total. The van der Waals surface area contributed by atoms with E-state index in [1.54, 1.807) is 6.07 Å². The second-order valence-corrected chi connectivity index (χ2v) is 8.43. The zero-order valence-electron chi connectivity index (χ0n) is 16.0. The third-order valence-corrected chi connectivity index (χ3v) is 5.96. The monoisotopic (exact) mass is 365 g/mol. The number of nitrogens with one attached hydrogen (secondary N) is 1. The molecule has 1 aliphatic rings. The van der Waals surface area contributed by atoms with Crippen LogP contribution >= 0.6 is 11.3 Å². The molecule has 0 aromatic carbocycles. The summed E-state index contributed by atoms with van der Waals surface area (Å²) >= 11 is 1.39. The fourth-order valence-corrected chi connectivity index (χ4v) is 3.95. The first-order chi connectivity index (χ1) is 11.8. The van der Waals surface area contributed by atoms with Crippen molar-refractivity contribution in [2.45, 2.75) is 58.7 Å². The molecule has 0 spiro atoms. The predicted molar refractivity (Wildman–Crippen MR) is 103 cm³/mol. The number of carbonyl (C=O) groups is 2. The summed E-state index contributed by atoms with van der Waals surface area (Å²) < 4.78 is 0. The van der Waals surface area contributed by atoms with E-state index in [2.05, 4.69) is 24.1 Å². The molecule has 1 fully saturated rings. The first-order valence-electron chi connectivity index (χ1n) is 9.16. The summed E-state index contributed by atoms with van der Waals surface area (Å²) in [5.41, 5.74) is 0. The Hall–Kier alpha value is -1.40. The Labute approximate surface area is 155 Å². The Morgan fingerprint density at radius 2 is 1.88 bits per heavy atom. The maximum Gasteiger partial charge on any atom is 0.262 e. The van der Waals surface area contributed by atoms with E-state index in [9.17, 15) is 9.59 Å². The molecule has 1 aromatic heterocycles. The van der Waals surface area contributed by atoms with Gasteiger partial charge in [-0.1, -0.05) is 19.9 Å². The van der Waals surface area contributed by atoms with E-state index in [4.69, 9.17) is 0 Å². The molecule has 2 amide bonds. The summed E-state index contributed by atoms with van der Waals surface area (Å²) in [6.45, 7) is 10.4. The van der Waals surface area contributed by atoms with Gasteiger partial charge in [0, 0.05) is 32.2 Å². The van der Waals surface area contributed by atoms with Gasteiger partial charge in [-0.05, 0) is 44.1 Å². The molecule has 2 rings (SSSR count). The molecule has 1 saturated heterocycles. The molecule has 140 valence electrons. The van der Waals surface area contributed by atoms with Crippen molar-refractivity contribution in [1.29, 1.82) is 0 Å². The third-order valence-electron chi connectivity index (χ3n) is 5.09. The van der Waals surface area contributed by atoms with Crippen LogP contribution in [0.5, 0.6) is 0 Å². The molecular formula is C19H31N3O2S. The Kier molecular flexibility index (Phi) is 7.02. The number of amides is 2. The number of likely N-dealkylation sites (N-methyl/N-ethyl adjacent to an activating group) is 1. The molecule has 1 aromatic rings. The smallest absolute Gasteiger partial charge is 0.262 e. The molecule has 2 heterocycles. The number of carbonyl (C=O) groups excluding carboxylic acids is 2. The highest BCUT2D eigenvalue weighted by Crippen LogP contribution is 2.19. The number of hydrogen-bond acceptors (Lipinski definition) is 4. The van der Waals surface area contributed by atoms with Crippen LogP contribution < -0.4 is 5.32 Å². The SMILES string of the molecule is CC(C)C(NC(=O)c1cccs1)C(=O)N(C)C1CCN(C(C)C)CC1. The van der Waals surface area contributed by atoms with Crippen molar-refractivity contribution in [3.63, 3.8) is 0 Å². The van der Waals surface area contributed by atoms with Gasteiger partial charge < -0.3 is 15.1 Å². The molecular weight excluding hydrogens is 334 g/mol. The number of likely N-dealkylation sites (tertiary alicyclic amines) is 1. The first-order valence-corrected chi connectivity index (χ1v) is 10.0. The fourth-order valence-electron chi connectivity index (χ4n) is 3.32. The Morgan fingerprint density at radius 1 is 1.24 bits per heavy atom. The minimum atomic E-state index is -0.484. The summed E-state index contributed by atoms with van der Waals surface area (Å²) in [5.74, 6) is -0.0948. The average molecular weight is 366 g/mol. The van der Waals surface area contributed by atoms with Gasteiger partial charge in [-0.2, -0.15) is 0 Å². The summed E-state index contributed by atoms with van der Waals surface area (Å²) in [6.07, 6.45) is 1.98. The van der Waals surface area contributed by atoms with E-state index in [0.29, 0.717) is 10.9 Å². The van der Waals surface area contributed by atoms with Gasteiger partial charge in [0.15, 0.2) is 0 Å². The zero-order valence-corrected chi connectivity index (χ0v) is 16.8. The van der Waals surface area contributed by atoms with E-state index in [1.807, 2.05) is 37.2 Å². The minimum absolute atomic E-state index is 0.0166. The summed E-state index contributed by atoms with van der Waals surface area (Å²) in [4.78, 5) is 30.3. The number of piperidine rings is 1. The number of thiophene rings is 1. The van der Waals surface area contributed by atoms with Crippen molar-refractivity contribution < 1.29 is 9.59 Å². The van der Waals surface area contributed by atoms with Crippen LogP contribution in [0.1, 0.15) is 50.2 Å². The molecule has 5 nitrogen and oxygen atoms in total. The van der Waals surface area contributed by atoms with E-state index < -0.39 is 6.04 Å². The maximum absolute atomic E-state index is 13.0. The highest BCUT2D eigenvalue weighted by molar-refractivity contribution is 7.12. The Morgan fingerprint density at radius 3 is 2.36 bits per heavy atom. The van der Waals surface area contributed by atoms with E-state index in [0.717, 1.165) is 25.9 Å². The third kappa shape index (κ3) is 5.05. The summed E-state index contributed by atoms with van der Waals surface area (Å²) in [7, 11) is 1.88. The lowest BCUT2D eigenvalue weighted by Crippen LogP contribution is -2.54. The minimum Gasteiger partial charge on any atom is -0.341 e. The molecule has 1 unspecified atom stereocenters. The van der Waals surface area contributed by atoms with Gasteiger partial charge in [0.25, 0.3) is 5.91 Å². The van der Waals surface area contributed by atoms with E-state index in [-0.39, 0.29) is 23.8 Å². The van der Waals surface area contributed by atoms with Gasteiger partial charge in [-0.15, -0.1) is 11.3 Å². The molecule has 0 saturated carbocycles. The van der Waals surface area contributed by atoms with Crippen LogP contribution in [-0.4, -0.2) is 59.9 Å². The highest BCUT2D eigenvalue weighted by Gasteiger charge is 2.32. The lowest BCUT2D eigenvalue weighted by Gasteiger charge is -2.40. The molecule has 1 atom stereocenters. The second-order valence-electron chi connectivity index (χ2n) is 7.48. The average Bonchev–Trinajstić information content (AvgIpc) is 3.12. The Bertz CT molecular complexity index is 563. The van der Waals surface area contributed by atoms with Gasteiger partial charge in [0.2, 0.25) is 5.91 Å². The van der Waals surface area contributed by atoms with Gasteiger partial charge >= 0.3 is 0 Å². The van der Waals surface area contributed by atoms with Gasteiger partial charge in [-0.3, -0.25) is 9.59 Å². The van der Waals surface area contributed by atoms with Crippen molar-refractivity contribution in [1.82, 2.24) is 15.1 Å². The van der Waals surface area contributed by atoms with Crippen LogP contribution in [0.4, 0.5) is 0 Å². The van der Waals surface area contributed by atoms with Crippen LogP contribution in [0.2, 0.25) is 0 Å². The number of nitrogens with zero attached hydrogens (tertiary/aromatic N) is 2. The number of rotatable bonds is 6. The van der Waals surface area contributed by atoms with E-state index in [1.165, 1.54) is 11.3 Å². The van der Waals surface area contributed by atoms with Gasteiger partial charge in [0.1, 0.15) is 6.04 Å². The lowest BCUT2D eigenvalue weighted by atomic mass is 9.98. The van der Waals surface area contributed by atoms with Gasteiger partial charge in [0.05, 0.1) is 4.88 Å². The van der Waals surface area contributed by atoms with E-state index >= 15 is 0 Å². The summed E-state index contributed by atoms with van der Waals surface area (Å²) in [6, 6.07) is 3.95. The summed E-state index contributed by atoms with van der Waals surface area (Å²) in [5, 5.41) is 4.81. The first kappa shape index (κ1) is 19.9. The van der Waals surface area contributed by atoms with Crippen molar-refractivity contribution in [3.8, 4) is 0 Å². The fraction of sp³-hybridized carbons (Fsp3) is 0.684. The standard InChI is InChI=1S/C19H31N3O2S/c1-13(2)17(20-18(23)16-7-6-12-25-16)19(24)21(5)15-8-10-22(11-9-15)14(3)4/h6-7,12-15,17H,8-11H2,1-5H3,(H,20,23). The zero-order chi connectivity index (χ0) is 18.6. The van der Waals surface area contributed by atoms with Crippen LogP contribution in [0.25, 0.3) is 0 Å². The lowest BCUT2D eigenvalue weighted by molar-refractivity contribution is -0.136. The predicted octanol–water partition coefficient (Wildman–Crippen LogP) is 2.83. The van der Waals surface area contributed by atoms with Gasteiger partial charge in [-0.25, -0.2) is 0 Å². The molecule has 25 heavy (non-hydrogen) atoms. The molecule has 6 heteroatoms.